The summed E-state index contributed by atoms with van der Waals surface area (Å²) in [5.74, 6) is 3.53. The van der Waals surface area contributed by atoms with Gasteiger partial charge in [0.25, 0.3) is 0 Å². The SMILES string of the molecule is CC(C)c1cc(-c2ccccc2)cc(C(C)C)c1N1c2ccccc2[N-]C1c1[c-]c(Oc2[c-]c(-c3nc4ccccc4n3-c3c(C(C)C)cc(-c4nc([Si](C)(C)C)nc([Si](C)(C)C)n4)cc3C(C)C)cc(C(C)(C)C)c2)cc(C(C)(C)C)c1.[Pt]. The van der Waals surface area contributed by atoms with Crippen molar-refractivity contribution in [2.75, 3.05) is 4.90 Å². The van der Waals surface area contributed by atoms with Crippen molar-refractivity contribution in [3.8, 4) is 51.1 Å². The van der Waals surface area contributed by atoms with Crippen molar-refractivity contribution in [2.24, 2.45) is 0 Å². The van der Waals surface area contributed by atoms with Crippen LogP contribution in [0.25, 0.3) is 55.9 Å². The smallest absolute Gasteiger partial charge is 0.162 e. The van der Waals surface area contributed by atoms with E-state index in [2.05, 4.69) is 285 Å². The Morgan fingerprint density at radius 3 is 1.55 bits per heavy atom. The molecule has 3 heterocycles. The molecule has 1 atom stereocenters. The zero-order valence-corrected chi connectivity index (χ0v) is 57.6. The van der Waals surface area contributed by atoms with Gasteiger partial charge in [-0.1, -0.05) is 209 Å². The molecule has 8 nitrogen and oxygen atoms in total. The Balaban J connectivity index is 0.00000846. The van der Waals surface area contributed by atoms with E-state index in [1.54, 1.807) is 0 Å². The minimum Gasteiger partial charge on any atom is -0.661 e. The van der Waals surface area contributed by atoms with Crippen LogP contribution in [0.1, 0.15) is 166 Å². The molecule has 0 fully saturated rings. The van der Waals surface area contributed by atoms with Crippen molar-refractivity contribution >= 4 is 55.1 Å². The van der Waals surface area contributed by atoms with Crippen LogP contribution in [-0.2, 0) is 31.9 Å². The Hall–Kier alpha value is -6.46. The molecule has 11 heteroatoms. The first-order chi connectivity index (χ1) is 39.0. The number of ether oxygens (including phenoxy) is 1. The maximum atomic E-state index is 7.27. The first-order valence-electron chi connectivity index (χ1n) is 30.1. The molecule has 2 aromatic heterocycles. The number of nitrogens with zero attached hydrogens (tertiary/aromatic N) is 7. The van der Waals surface area contributed by atoms with Gasteiger partial charge in [-0.15, -0.1) is 40.6 Å². The summed E-state index contributed by atoms with van der Waals surface area (Å²) in [6.07, 6.45) is -0.415. The predicted molar refractivity (Wildman–Crippen MR) is 355 cm³/mol. The van der Waals surface area contributed by atoms with Gasteiger partial charge in [0, 0.05) is 55.2 Å². The number of para-hydroxylation sites is 4. The first kappa shape index (κ1) is 62.1. The Labute approximate surface area is 518 Å². The van der Waals surface area contributed by atoms with Crippen LogP contribution in [0, 0.1) is 12.1 Å². The third-order valence-corrected chi connectivity index (χ3v) is 19.2. The predicted octanol–water partition coefficient (Wildman–Crippen LogP) is 19.6. The van der Waals surface area contributed by atoms with Crippen LogP contribution in [-0.4, -0.2) is 40.7 Å². The molecule has 84 heavy (non-hydrogen) atoms. The molecule has 1 aliphatic rings. The van der Waals surface area contributed by atoms with E-state index in [0.717, 1.165) is 78.5 Å². The second kappa shape index (κ2) is 23.4. The van der Waals surface area contributed by atoms with E-state index in [9.17, 15) is 0 Å². The van der Waals surface area contributed by atoms with Gasteiger partial charge in [-0.2, -0.15) is 11.6 Å². The minimum atomic E-state index is -1.90. The molecule has 0 radical (unpaired) electrons. The second-order valence-electron chi connectivity index (χ2n) is 28.4. The average Bonchev–Trinajstić information content (AvgIpc) is 2.90. The summed E-state index contributed by atoms with van der Waals surface area (Å²) in [4.78, 5) is 23.8. The van der Waals surface area contributed by atoms with Gasteiger partial charge in [-0.05, 0) is 117 Å². The van der Waals surface area contributed by atoms with E-state index in [0.29, 0.717) is 11.5 Å². The fourth-order valence-corrected chi connectivity index (χ4v) is 13.1. The quantitative estimate of drug-likeness (QED) is 0.0797. The average molecular weight is 1330 g/mol. The van der Waals surface area contributed by atoms with Crippen LogP contribution < -0.4 is 20.5 Å². The number of fused-ring (bicyclic) bond motifs is 2. The van der Waals surface area contributed by atoms with Crippen LogP contribution in [0.5, 0.6) is 11.5 Å². The zero-order valence-electron chi connectivity index (χ0n) is 53.4. The van der Waals surface area contributed by atoms with Crippen molar-refractivity contribution in [1.29, 1.82) is 0 Å². The van der Waals surface area contributed by atoms with Crippen molar-refractivity contribution in [3.63, 3.8) is 0 Å². The van der Waals surface area contributed by atoms with E-state index in [1.165, 1.54) is 39.1 Å². The summed E-state index contributed by atoms with van der Waals surface area (Å²) in [5, 5.41) is 5.59. The molecule has 7 aromatic carbocycles. The van der Waals surface area contributed by atoms with Gasteiger partial charge in [-0.25, -0.2) is 15.0 Å². The van der Waals surface area contributed by atoms with E-state index >= 15 is 0 Å². The van der Waals surface area contributed by atoms with Gasteiger partial charge in [0.1, 0.15) is 27.0 Å². The summed E-state index contributed by atoms with van der Waals surface area (Å²) >= 11 is 0. The largest absolute Gasteiger partial charge is 0.661 e. The number of hydrogen-bond acceptors (Lipinski definition) is 6. The number of aromatic nitrogens is 5. The monoisotopic (exact) mass is 1330 g/mol. The third-order valence-electron chi connectivity index (χ3n) is 16.0. The molecule has 1 unspecified atom stereocenters. The normalized spacial score (nSPS) is 14.0. The maximum absolute atomic E-state index is 7.27. The Morgan fingerprint density at radius 1 is 0.512 bits per heavy atom. The maximum Gasteiger partial charge on any atom is 0.162 e. The Kier molecular flexibility index (Phi) is 17.3. The molecule has 0 spiro atoms. The summed E-state index contributed by atoms with van der Waals surface area (Å²) in [5.41, 5.74) is 20.2. The van der Waals surface area contributed by atoms with Crippen molar-refractivity contribution in [3.05, 3.63) is 184 Å². The molecular weight excluding hydrogens is 1240 g/mol. The van der Waals surface area contributed by atoms with Crippen LogP contribution in [0.3, 0.4) is 0 Å². The summed E-state index contributed by atoms with van der Waals surface area (Å²) in [7, 11) is -3.80. The molecule has 1 aliphatic heterocycles. The molecule has 10 rings (SSSR count). The molecule has 0 saturated heterocycles. The number of rotatable bonds is 14. The van der Waals surface area contributed by atoms with E-state index < -0.39 is 22.3 Å². The van der Waals surface area contributed by atoms with Crippen molar-refractivity contribution in [2.45, 2.75) is 177 Å². The van der Waals surface area contributed by atoms with Gasteiger partial charge in [0.05, 0.1) is 16.9 Å². The summed E-state index contributed by atoms with van der Waals surface area (Å²) < 4.78 is 9.66. The summed E-state index contributed by atoms with van der Waals surface area (Å²) in [6, 6.07) is 53.9. The number of hydrogen-bond donors (Lipinski definition) is 0. The van der Waals surface area contributed by atoms with Gasteiger partial charge >= 0.3 is 0 Å². The van der Waals surface area contributed by atoms with Crippen LogP contribution >= 0.6 is 0 Å². The molecular formula is C73H86N7OPtSi2-3. The molecule has 0 saturated carbocycles. The topological polar surface area (TPSA) is 83.1 Å². The molecule has 0 amide bonds. The molecule has 0 aliphatic carbocycles. The third kappa shape index (κ3) is 12.5. The van der Waals surface area contributed by atoms with Crippen LogP contribution in [0.15, 0.2) is 127 Å². The molecule has 0 bridgehead atoms. The van der Waals surface area contributed by atoms with Crippen LogP contribution in [0.2, 0.25) is 39.3 Å². The van der Waals surface area contributed by atoms with E-state index in [-0.39, 0.29) is 55.6 Å². The fraction of sp³-hybridized carbons (Fsp3) is 0.370. The Bertz CT molecular complexity index is 3800. The van der Waals surface area contributed by atoms with Gasteiger partial charge in [-0.3, -0.25) is 4.98 Å². The van der Waals surface area contributed by atoms with Crippen LogP contribution in [0.4, 0.5) is 17.1 Å². The Morgan fingerprint density at radius 2 is 1.00 bits per heavy atom. The number of anilines is 2. The number of imidazole rings is 1. The van der Waals surface area contributed by atoms with E-state index in [1.807, 2.05) is 0 Å². The molecule has 0 N–H and O–H groups in total. The summed E-state index contributed by atoms with van der Waals surface area (Å²) in [6.45, 7) is 45.9. The second-order valence-corrected chi connectivity index (χ2v) is 38.3. The fourth-order valence-electron chi connectivity index (χ4n) is 11.2. The van der Waals surface area contributed by atoms with Crippen molar-refractivity contribution < 1.29 is 25.8 Å². The first-order valence-corrected chi connectivity index (χ1v) is 37.1. The van der Waals surface area contributed by atoms with Gasteiger partial charge < -0.3 is 19.5 Å². The van der Waals surface area contributed by atoms with Gasteiger partial charge in [0.15, 0.2) is 5.82 Å². The molecule has 9 aromatic rings. The van der Waals surface area contributed by atoms with Crippen molar-refractivity contribution in [1.82, 2.24) is 24.5 Å². The number of benzene rings is 7. The van der Waals surface area contributed by atoms with E-state index in [4.69, 9.17) is 30.0 Å². The van der Waals surface area contributed by atoms with Gasteiger partial charge in [0.2, 0.25) is 0 Å². The molecule has 440 valence electrons. The standard InChI is InChI=1S/C73H86N7OSi2.Pt/c1-44(2)57-38-49(48-28-22-21-23-29-48)39-58(45(3)4)65(57)79-63-32-26-24-30-61(63)74-68(79)51-34-53(72(9,10)11)42-55(36-51)81-56-37-52(35-54(43-56)73(12,13)14)69-75-62-31-25-27-33-64(62)80(69)66-59(46(5)6)40-50(41-60(66)47(7)8)67-76-70(82(15,16)17)78-71(77-67)83(18,19)20;/h21-35,38-47,68H,1-20H3;/q-3;. The minimum absolute atomic E-state index is 0. The zero-order chi connectivity index (χ0) is 59.8.